The van der Waals surface area contributed by atoms with Gasteiger partial charge in [-0.25, -0.2) is 0 Å². The van der Waals surface area contributed by atoms with Crippen molar-refractivity contribution < 1.29 is 4.79 Å². The normalized spacial score (nSPS) is 17.1. The largest absolute Gasteiger partial charge is 0.352 e. The lowest BCUT2D eigenvalue weighted by molar-refractivity contribution is -0.122. The molecule has 0 bridgehead atoms. The maximum atomic E-state index is 11.7. The number of thiophene rings is 1. The molecule has 1 aromatic rings. The number of nitrogens with zero attached hydrogens (tertiary/aromatic N) is 1. The fraction of sp³-hybridized carbons (Fsp3) is 0.583. The molecular formula is C12H19N3OS. The van der Waals surface area contributed by atoms with Crippen LogP contribution >= 0.6 is 11.3 Å². The minimum absolute atomic E-state index is 0.101. The van der Waals surface area contributed by atoms with Crippen LogP contribution in [0.2, 0.25) is 0 Å². The molecule has 1 aromatic heterocycles. The third kappa shape index (κ3) is 3.52. The van der Waals surface area contributed by atoms with Crippen molar-refractivity contribution in [1.29, 1.82) is 0 Å². The molecule has 1 aliphatic carbocycles. The molecule has 5 heteroatoms. The van der Waals surface area contributed by atoms with Gasteiger partial charge in [0.15, 0.2) is 0 Å². The van der Waals surface area contributed by atoms with Crippen LogP contribution in [-0.4, -0.2) is 37.0 Å². The lowest BCUT2D eigenvalue weighted by Gasteiger charge is -2.25. The van der Waals surface area contributed by atoms with Crippen LogP contribution < -0.4 is 11.1 Å². The highest BCUT2D eigenvalue weighted by molar-refractivity contribution is 7.07. The second kappa shape index (κ2) is 5.62. The summed E-state index contributed by atoms with van der Waals surface area (Å²) in [5, 5.41) is 7.12. The summed E-state index contributed by atoms with van der Waals surface area (Å²) in [7, 11) is 1.95. The molecule has 0 saturated heterocycles. The van der Waals surface area contributed by atoms with Gasteiger partial charge >= 0.3 is 0 Å². The Morgan fingerprint density at radius 3 is 3.00 bits per heavy atom. The average Bonchev–Trinajstić information content (AvgIpc) is 2.93. The van der Waals surface area contributed by atoms with Crippen LogP contribution in [0, 0.1) is 0 Å². The second-order valence-electron chi connectivity index (χ2n) is 4.57. The number of likely N-dealkylation sites (N-methyl/N-ethyl adjacent to an activating group) is 1. The molecule has 0 aliphatic heterocycles. The lowest BCUT2D eigenvalue weighted by Crippen LogP contribution is -2.39. The maximum Gasteiger partial charge on any atom is 0.234 e. The quantitative estimate of drug-likeness (QED) is 0.794. The molecule has 1 fully saturated rings. The van der Waals surface area contributed by atoms with Gasteiger partial charge < -0.3 is 11.1 Å². The summed E-state index contributed by atoms with van der Waals surface area (Å²) in [4.78, 5) is 13.7. The van der Waals surface area contributed by atoms with Crippen LogP contribution in [0.15, 0.2) is 16.8 Å². The predicted octanol–water partition coefficient (Wildman–Crippen LogP) is 0.958. The molecular weight excluding hydrogens is 234 g/mol. The van der Waals surface area contributed by atoms with E-state index in [1.165, 1.54) is 5.56 Å². The number of carbonyl (C=O) groups is 1. The molecule has 1 aliphatic rings. The van der Waals surface area contributed by atoms with Crippen molar-refractivity contribution in [3.63, 3.8) is 0 Å². The van der Waals surface area contributed by atoms with Gasteiger partial charge in [-0.15, -0.1) is 0 Å². The Kier molecular flexibility index (Phi) is 4.15. The molecule has 4 nitrogen and oxygen atoms in total. The minimum Gasteiger partial charge on any atom is -0.352 e. The highest BCUT2D eigenvalue weighted by Crippen LogP contribution is 2.21. The fourth-order valence-electron chi connectivity index (χ4n) is 1.87. The van der Waals surface area contributed by atoms with Crippen LogP contribution in [0.4, 0.5) is 0 Å². The summed E-state index contributed by atoms with van der Waals surface area (Å²) in [6.07, 6.45) is 2.25. The first kappa shape index (κ1) is 12.5. The number of nitrogens with one attached hydrogen (secondary N) is 1. The highest BCUT2D eigenvalue weighted by Gasteiger charge is 2.25. The molecule has 0 aromatic carbocycles. The first-order valence-corrected chi connectivity index (χ1v) is 6.86. The van der Waals surface area contributed by atoms with E-state index in [0.29, 0.717) is 19.1 Å². The van der Waals surface area contributed by atoms with E-state index < -0.39 is 0 Å². The Balaban J connectivity index is 1.87. The molecule has 1 saturated carbocycles. The predicted molar refractivity (Wildman–Crippen MR) is 69.9 cm³/mol. The van der Waals surface area contributed by atoms with E-state index in [0.717, 1.165) is 12.8 Å². The van der Waals surface area contributed by atoms with E-state index in [2.05, 4.69) is 16.8 Å². The minimum atomic E-state index is 0.101. The van der Waals surface area contributed by atoms with Crippen LogP contribution in [0.25, 0.3) is 0 Å². The van der Waals surface area contributed by atoms with E-state index in [-0.39, 0.29) is 11.9 Å². The molecule has 2 rings (SSSR count). The van der Waals surface area contributed by atoms with Gasteiger partial charge in [0, 0.05) is 18.6 Å². The van der Waals surface area contributed by atoms with Gasteiger partial charge in [-0.3, -0.25) is 9.69 Å². The Hall–Kier alpha value is -0.910. The van der Waals surface area contributed by atoms with E-state index in [1.807, 2.05) is 17.3 Å². The Morgan fingerprint density at radius 2 is 2.47 bits per heavy atom. The van der Waals surface area contributed by atoms with Crippen molar-refractivity contribution in [2.24, 2.45) is 5.73 Å². The van der Waals surface area contributed by atoms with Crippen molar-refractivity contribution in [2.45, 2.75) is 24.9 Å². The van der Waals surface area contributed by atoms with Gasteiger partial charge in [0.25, 0.3) is 0 Å². The number of hydrogen-bond acceptors (Lipinski definition) is 4. The van der Waals surface area contributed by atoms with Gasteiger partial charge in [0.05, 0.1) is 6.54 Å². The Labute approximate surface area is 106 Å². The number of nitrogens with two attached hydrogens (primary N) is 1. The Bertz CT molecular complexity index is 362. The summed E-state index contributed by atoms with van der Waals surface area (Å²) in [6, 6.07) is 2.62. The maximum absolute atomic E-state index is 11.7. The summed E-state index contributed by atoms with van der Waals surface area (Å²) >= 11 is 1.66. The van der Waals surface area contributed by atoms with Gasteiger partial charge in [0.2, 0.25) is 5.91 Å². The SMILES string of the molecule is CN(CC(=O)NC1CC1)C(CN)c1ccsc1. The van der Waals surface area contributed by atoms with Crippen LogP contribution in [-0.2, 0) is 4.79 Å². The fourth-order valence-corrected chi connectivity index (χ4v) is 2.58. The molecule has 3 N–H and O–H groups in total. The van der Waals surface area contributed by atoms with E-state index >= 15 is 0 Å². The van der Waals surface area contributed by atoms with Gasteiger partial charge in [-0.05, 0) is 42.3 Å². The summed E-state index contributed by atoms with van der Waals surface area (Å²) in [5.74, 6) is 0.101. The molecule has 1 unspecified atom stereocenters. The van der Waals surface area contributed by atoms with Crippen molar-refractivity contribution in [3.8, 4) is 0 Å². The van der Waals surface area contributed by atoms with Gasteiger partial charge in [0.1, 0.15) is 0 Å². The molecule has 1 heterocycles. The topological polar surface area (TPSA) is 58.4 Å². The van der Waals surface area contributed by atoms with Crippen molar-refractivity contribution in [3.05, 3.63) is 22.4 Å². The Morgan fingerprint density at radius 1 is 1.71 bits per heavy atom. The zero-order valence-corrected chi connectivity index (χ0v) is 10.9. The number of carbonyl (C=O) groups excluding carboxylic acids is 1. The lowest BCUT2D eigenvalue weighted by atomic mass is 10.1. The van der Waals surface area contributed by atoms with E-state index in [9.17, 15) is 4.79 Å². The van der Waals surface area contributed by atoms with Crippen molar-refractivity contribution in [1.82, 2.24) is 10.2 Å². The third-order valence-electron chi connectivity index (χ3n) is 3.02. The van der Waals surface area contributed by atoms with Crippen LogP contribution in [0.5, 0.6) is 0 Å². The molecule has 0 radical (unpaired) electrons. The third-order valence-corrected chi connectivity index (χ3v) is 3.72. The van der Waals surface area contributed by atoms with E-state index in [4.69, 9.17) is 5.73 Å². The summed E-state index contributed by atoms with van der Waals surface area (Å²) in [6.45, 7) is 0.943. The number of rotatable bonds is 6. The second-order valence-corrected chi connectivity index (χ2v) is 5.35. The van der Waals surface area contributed by atoms with Crippen molar-refractivity contribution in [2.75, 3.05) is 20.1 Å². The zero-order valence-electron chi connectivity index (χ0n) is 10.1. The molecule has 1 atom stereocenters. The molecule has 17 heavy (non-hydrogen) atoms. The highest BCUT2D eigenvalue weighted by atomic mass is 32.1. The van der Waals surface area contributed by atoms with Crippen molar-refractivity contribution >= 4 is 17.2 Å². The smallest absolute Gasteiger partial charge is 0.234 e. The van der Waals surface area contributed by atoms with E-state index in [1.54, 1.807) is 11.3 Å². The molecule has 94 valence electrons. The number of amides is 1. The van der Waals surface area contributed by atoms with Crippen LogP contribution in [0.1, 0.15) is 24.4 Å². The standard InChI is InChI=1S/C12H19N3OS/c1-15(7-12(16)14-10-2-3-10)11(6-13)9-4-5-17-8-9/h4-5,8,10-11H,2-3,6-7,13H2,1H3,(H,14,16). The number of hydrogen-bond donors (Lipinski definition) is 2. The molecule has 1 amide bonds. The van der Waals surface area contributed by atoms with Gasteiger partial charge in [-0.1, -0.05) is 0 Å². The average molecular weight is 253 g/mol. The molecule has 0 spiro atoms. The monoisotopic (exact) mass is 253 g/mol. The first-order chi connectivity index (χ1) is 8.20. The first-order valence-electron chi connectivity index (χ1n) is 5.92. The summed E-state index contributed by atoms with van der Waals surface area (Å²) in [5.41, 5.74) is 6.98. The van der Waals surface area contributed by atoms with Gasteiger partial charge in [-0.2, -0.15) is 11.3 Å². The van der Waals surface area contributed by atoms with Crippen LogP contribution in [0.3, 0.4) is 0 Å². The summed E-state index contributed by atoms with van der Waals surface area (Å²) < 4.78 is 0. The zero-order chi connectivity index (χ0) is 12.3.